The number of amides is 2. The van der Waals surface area contributed by atoms with E-state index in [0.717, 1.165) is 12.0 Å². The maximum Gasteiger partial charge on any atom is 0.407 e. The molecule has 27 heavy (non-hydrogen) atoms. The Morgan fingerprint density at radius 1 is 1.11 bits per heavy atom. The predicted molar refractivity (Wildman–Crippen MR) is 108 cm³/mol. The first kappa shape index (κ1) is 23.0. The van der Waals surface area contributed by atoms with E-state index < -0.39 is 11.7 Å². The van der Waals surface area contributed by atoms with Crippen LogP contribution >= 0.6 is 0 Å². The highest BCUT2D eigenvalue weighted by Gasteiger charge is 2.25. The number of rotatable bonds is 8. The molecule has 2 unspecified atom stereocenters. The molecule has 0 aromatic heterocycles. The fraction of sp³-hybridized carbons (Fsp3) is 0.619. The number of likely N-dealkylation sites (N-methyl/N-ethyl adjacent to an activating group) is 1. The van der Waals surface area contributed by atoms with E-state index in [1.165, 1.54) is 0 Å². The Kier molecular flexibility index (Phi) is 8.76. The second-order valence-corrected chi connectivity index (χ2v) is 8.49. The molecule has 0 heterocycles. The molecule has 0 fully saturated rings. The van der Waals surface area contributed by atoms with Crippen LogP contribution < -0.4 is 10.6 Å². The minimum Gasteiger partial charge on any atom is -0.444 e. The fourth-order valence-electron chi connectivity index (χ4n) is 2.88. The van der Waals surface area contributed by atoms with Gasteiger partial charge in [0, 0.05) is 12.6 Å². The summed E-state index contributed by atoms with van der Waals surface area (Å²) in [5.41, 5.74) is 0.375. The van der Waals surface area contributed by atoms with Crippen molar-refractivity contribution in [1.29, 1.82) is 0 Å². The van der Waals surface area contributed by atoms with Crippen molar-refractivity contribution in [1.82, 2.24) is 15.5 Å². The summed E-state index contributed by atoms with van der Waals surface area (Å²) in [4.78, 5) is 26.8. The lowest BCUT2D eigenvalue weighted by Gasteiger charge is -2.27. The molecule has 0 radical (unpaired) electrons. The summed E-state index contributed by atoms with van der Waals surface area (Å²) in [6.07, 6.45) is 0.284. The minimum atomic E-state index is -0.557. The molecule has 0 saturated heterocycles. The number of hydrogen-bond donors (Lipinski definition) is 2. The number of alkyl carbamates (subject to hydrolysis) is 1. The summed E-state index contributed by atoms with van der Waals surface area (Å²) in [5.74, 6) is 0.284. The fourth-order valence-corrected chi connectivity index (χ4v) is 2.88. The van der Waals surface area contributed by atoms with Crippen LogP contribution in [-0.4, -0.2) is 49.2 Å². The zero-order chi connectivity index (χ0) is 20.6. The number of nitrogens with zero attached hydrogens (tertiary/aromatic N) is 1. The Hall–Kier alpha value is -2.08. The van der Waals surface area contributed by atoms with E-state index in [1.807, 2.05) is 70.1 Å². The number of nitrogens with one attached hydrogen (secondary N) is 2. The highest BCUT2D eigenvalue weighted by Crippen LogP contribution is 2.18. The lowest BCUT2D eigenvalue weighted by atomic mass is 10.0. The number of benzene rings is 1. The van der Waals surface area contributed by atoms with Crippen molar-refractivity contribution >= 4 is 12.0 Å². The van der Waals surface area contributed by atoms with Gasteiger partial charge in [0.05, 0.1) is 0 Å². The van der Waals surface area contributed by atoms with Crippen LogP contribution in [0.1, 0.15) is 52.6 Å². The quantitative estimate of drug-likeness (QED) is 0.729. The highest BCUT2D eigenvalue weighted by atomic mass is 16.6. The maximum absolute atomic E-state index is 12.8. The summed E-state index contributed by atoms with van der Waals surface area (Å²) >= 11 is 0. The van der Waals surface area contributed by atoms with Gasteiger partial charge in [0.25, 0.3) is 0 Å². The van der Waals surface area contributed by atoms with Gasteiger partial charge in [-0.2, -0.15) is 0 Å². The SMILES string of the molecule is CC(C)CC(CNC(=O)C(c1ccccc1)N(C)C)NC(=O)OC(C)(C)C. The van der Waals surface area contributed by atoms with E-state index in [1.54, 1.807) is 0 Å². The van der Waals surface area contributed by atoms with Crippen molar-refractivity contribution in [3.05, 3.63) is 35.9 Å². The van der Waals surface area contributed by atoms with Gasteiger partial charge in [-0.25, -0.2) is 4.79 Å². The van der Waals surface area contributed by atoms with Crippen molar-refractivity contribution in [2.24, 2.45) is 5.92 Å². The number of ether oxygens (including phenoxy) is 1. The Morgan fingerprint density at radius 2 is 1.70 bits per heavy atom. The molecule has 6 heteroatoms. The van der Waals surface area contributed by atoms with Gasteiger partial charge in [0.15, 0.2) is 0 Å². The van der Waals surface area contributed by atoms with Gasteiger partial charge in [-0.15, -0.1) is 0 Å². The lowest BCUT2D eigenvalue weighted by Crippen LogP contribution is -2.48. The van der Waals surface area contributed by atoms with Gasteiger partial charge in [-0.1, -0.05) is 44.2 Å². The molecule has 0 spiro atoms. The largest absolute Gasteiger partial charge is 0.444 e. The van der Waals surface area contributed by atoms with Crippen molar-refractivity contribution in [2.75, 3.05) is 20.6 Å². The van der Waals surface area contributed by atoms with Crippen LogP contribution in [-0.2, 0) is 9.53 Å². The van der Waals surface area contributed by atoms with Crippen molar-refractivity contribution in [2.45, 2.75) is 58.7 Å². The van der Waals surface area contributed by atoms with E-state index in [0.29, 0.717) is 12.5 Å². The molecule has 152 valence electrons. The Labute approximate surface area is 163 Å². The third-order valence-corrected chi connectivity index (χ3v) is 3.88. The average molecular weight is 378 g/mol. The van der Waals surface area contributed by atoms with Gasteiger partial charge in [-0.3, -0.25) is 9.69 Å². The van der Waals surface area contributed by atoms with E-state index >= 15 is 0 Å². The molecule has 2 N–H and O–H groups in total. The van der Waals surface area contributed by atoms with Crippen LogP contribution in [0, 0.1) is 5.92 Å². The minimum absolute atomic E-state index is 0.0917. The summed E-state index contributed by atoms with van der Waals surface area (Å²) in [6, 6.07) is 9.08. The molecule has 0 aliphatic carbocycles. The molecule has 0 aliphatic rings. The summed E-state index contributed by atoms with van der Waals surface area (Å²) in [6.45, 7) is 10.00. The molecule has 0 aliphatic heterocycles. The number of hydrogen-bond acceptors (Lipinski definition) is 4. The standard InChI is InChI=1S/C21H35N3O3/c1-15(2)13-17(23-20(26)27-21(3,4)5)14-22-19(25)18(24(6)7)16-11-9-8-10-12-16/h8-12,15,17-18H,13-14H2,1-7H3,(H,22,25)(H,23,26). The van der Waals surface area contributed by atoms with Gasteiger partial charge >= 0.3 is 6.09 Å². The molecule has 1 aromatic carbocycles. The Bertz CT molecular complexity index is 594. The first-order valence-electron chi connectivity index (χ1n) is 9.48. The zero-order valence-electron chi connectivity index (χ0n) is 17.7. The molecule has 0 saturated carbocycles. The average Bonchev–Trinajstić information content (AvgIpc) is 2.51. The van der Waals surface area contributed by atoms with E-state index in [-0.39, 0.29) is 18.0 Å². The van der Waals surface area contributed by atoms with Crippen molar-refractivity contribution in [3.63, 3.8) is 0 Å². The van der Waals surface area contributed by atoms with Crippen molar-refractivity contribution in [3.8, 4) is 0 Å². The molecule has 2 amide bonds. The van der Waals surface area contributed by atoms with Crippen molar-refractivity contribution < 1.29 is 14.3 Å². The van der Waals surface area contributed by atoms with Gasteiger partial charge in [0.2, 0.25) is 5.91 Å². The molecule has 6 nitrogen and oxygen atoms in total. The molecular weight excluding hydrogens is 342 g/mol. The Morgan fingerprint density at radius 3 is 2.19 bits per heavy atom. The smallest absolute Gasteiger partial charge is 0.407 e. The molecule has 2 atom stereocenters. The third kappa shape index (κ3) is 8.91. The normalized spacial score (nSPS) is 14.0. The van der Waals surface area contributed by atoms with Crippen LogP contribution in [0.5, 0.6) is 0 Å². The second-order valence-electron chi connectivity index (χ2n) is 8.49. The van der Waals surface area contributed by atoms with E-state index in [9.17, 15) is 9.59 Å². The van der Waals surface area contributed by atoms with Crippen LogP contribution in [0.4, 0.5) is 4.79 Å². The summed E-state index contributed by atoms with van der Waals surface area (Å²) in [7, 11) is 3.75. The van der Waals surface area contributed by atoms with Crippen LogP contribution in [0.3, 0.4) is 0 Å². The van der Waals surface area contributed by atoms with Gasteiger partial charge in [-0.05, 0) is 52.8 Å². The highest BCUT2D eigenvalue weighted by molar-refractivity contribution is 5.83. The van der Waals surface area contributed by atoms with Gasteiger partial charge < -0.3 is 15.4 Å². The van der Waals surface area contributed by atoms with E-state index in [4.69, 9.17) is 4.74 Å². The van der Waals surface area contributed by atoms with Gasteiger partial charge in [0.1, 0.15) is 11.6 Å². The summed E-state index contributed by atoms with van der Waals surface area (Å²) < 4.78 is 5.34. The molecule has 1 rings (SSSR count). The number of carbonyl (C=O) groups is 2. The predicted octanol–water partition coefficient (Wildman–Crippen LogP) is 3.34. The molecule has 1 aromatic rings. The Balaban J connectivity index is 2.75. The van der Waals surface area contributed by atoms with Crippen LogP contribution in [0.25, 0.3) is 0 Å². The van der Waals surface area contributed by atoms with Crippen LogP contribution in [0.2, 0.25) is 0 Å². The first-order chi connectivity index (χ1) is 12.5. The third-order valence-electron chi connectivity index (χ3n) is 3.88. The topological polar surface area (TPSA) is 70.7 Å². The maximum atomic E-state index is 12.8. The zero-order valence-corrected chi connectivity index (χ0v) is 17.7. The van der Waals surface area contributed by atoms with Crippen LogP contribution in [0.15, 0.2) is 30.3 Å². The molecular formula is C21H35N3O3. The summed E-state index contributed by atoms with van der Waals surface area (Å²) in [5, 5.41) is 5.86. The number of carbonyl (C=O) groups excluding carboxylic acids is 2. The monoisotopic (exact) mass is 377 g/mol. The lowest BCUT2D eigenvalue weighted by molar-refractivity contribution is -0.125. The second kappa shape index (κ2) is 10.3. The van der Waals surface area contributed by atoms with E-state index in [2.05, 4.69) is 24.5 Å². The molecule has 0 bridgehead atoms. The first-order valence-corrected chi connectivity index (χ1v) is 9.48.